The summed E-state index contributed by atoms with van der Waals surface area (Å²) in [5, 5.41) is 7.92. The molecule has 3 aromatic rings. The lowest BCUT2D eigenvalue weighted by molar-refractivity contribution is -0.128. The Labute approximate surface area is 254 Å². The number of aryl methyl sites for hydroxylation is 1. The van der Waals surface area contributed by atoms with Crippen molar-refractivity contribution in [1.29, 1.82) is 0 Å². The summed E-state index contributed by atoms with van der Waals surface area (Å²) in [6.07, 6.45) is 4.54. The van der Waals surface area contributed by atoms with Crippen LogP contribution in [0.2, 0.25) is 5.02 Å². The van der Waals surface area contributed by atoms with Crippen LogP contribution in [0.1, 0.15) is 42.4 Å². The van der Waals surface area contributed by atoms with Crippen LogP contribution >= 0.6 is 27.5 Å². The number of halogens is 3. The van der Waals surface area contributed by atoms with Crippen LogP contribution in [0.4, 0.5) is 4.39 Å². The lowest BCUT2D eigenvalue weighted by atomic mass is 9.83. The predicted molar refractivity (Wildman–Crippen MR) is 165 cm³/mol. The molecular weight excluding hydrogens is 605 g/mol. The predicted octanol–water partition coefficient (Wildman–Crippen LogP) is 6.53. The summed E-state index contributed by atoms with van der Waals surface area (Å²) in [6.45, 7) is 2.66. The first kappa shape index (κ1) is 28.4. The van der Waals surface area contributed by atoms with Crippen LogP contribution in [0.3, 0.4) is 0 Å². The van der Waals surface area contributed by atoms with E-state index in [2.05, 4.69) is 50.8 Å². The van der Waals surface area contributed by atoms with Crippen LogP contribution in [0.5, 0.6) is 5.75 Å². The Hall–Kier alpha value is -2.71. The molecule has 1 saturated heterocycles. The minimum Gasteiger partial charge on any atom is -0.492 e. The Balaban J connectivity index is 1.19. The molecular formula is C33H34BrClFN3O2. The number of nitrogens with zero attached hydrogens (tertiary/aromatic N) is 1. The van der Waals surface area contributed by atoms with Gasteiger partial charge in [-0.05, 0) is 88.5 Å². The van der Waals surface area contributed by atoms with Gasteiger partial charge in [0.25, 0.3) is 5.91 Å². The van der Waals surface area contributed by atoms with Gasteiger partial charge in [0.15, 0.2) is 0 Å². The van der Waals surface area contributed by atoms with Crippen molar-refractivity contribution < 1.29 is 13.9 Å². The highest BCUT2D eigenvalue weighted by atomic mass is 79.9. The summed E-state index contributed by atoms with van der Waals surface area (Å²) >= 11 is 9.91. The molecule has 5 nitrogen and oxygen atoms in total. The van der Waals surface area contributed by atoms with E-state index in [-0.39, 0.29) is 23.8 Å². The zero-order chi connectivity index (χ0) is 28.3. The minimum atomic E-state index is -0.312. The Morgan fingerprint density at radius 2 is 1.88 bits per heavy atom. The zero-order valence-corrected chi connectivity index (χ0v) is 25.2. The van der Waals surface area contributed by atoms with Gasteiger partial charge in [0.1, 0.15) is 11.6 Å². The van der Waals surface area contributed by atoms with E-state index in [0.29, 0.717) is 30.0 Å². The number of hydrogen-bond donors (Lipinski definition) is 2. The van der Waals surface area contributed by atoms with Gasteiger partial charge in [-0.1, -0.05) is 54.1 Å². The Morgan fingerprint density at radius 3 is 2.66 bits per heavy atom. The summed E-state index contributed by atoms with van der Waals surface area (Å²) in [4.78, 5) is 16.3. The van der Waals surface area contributed by atoms with Crippen LogP contribution in [0.15, 0.2) is 76.8 Å². The van der Waals surface area contributed by atoms with Gasteiger partial charge in [-0.2, -0.15) is 0 Å². The fourth-order valence-corrected chi connectivity index (χ4v) is 6.43. The van der Waals surface area contributed by atoms with Gasteiger partial charge in [0, 0.05) is 48.4 Å². The number of carbonyl (C=O) groups is 1. The molecule has 1 saturated carbocycles. The van der Waals surface area contributed by atoms with Gasteiger partial charge in [-0.25, -0.2) is 4.39 Å². The second-order valence-electron chi connectivity index (χ2n) is 11.2. The molecule has 2 fully saturated rings. The Bertz CT molecular complexity index is 1440. The number of piperazine rings is 1. The molecule has 2 bridgehead atoms. The lowest BCUT2D eigenvalue weighted by Crippen LogP contribution is -2.60. The van der Waals surface area contributed by atoms with Crippen molar-refractivity contribution in [3.63, 3.8) is 0 Å². The van der Waals surface area contributed by atoms with Crippen LogP contribution in [0, 0.1) is 5.82 Å². The number of amides is 1. The smallest absolute Gasteiger partial charge is 0.252 e. The van der Waals surface area contributed by atoms with Gasteiger partial charge >= 0.3 is 0 Å². The topological polar surface area (TPSA) is 53.6 Å². The molecule has 1 amide bonds. The normalized spacial score (nSPS) is 20.2. The van der Waals surface area contributed by atoms with E-state index in [9.17, 15) is 9.18 Å². The van der Waals surface area contributed by atoms with E-state index in [0.717, 1.165) is 71.9 Å². The third-order valence-corrected chi connectivity index (χ3v) is 9.16. The van der Waals surface area contributed by atoms with Crippen LogP contribution in [-0.2, 0) is 17.8 Å². The number of carbonyl (C=O) groups excluding carboxylic acids is 1. The van der Waals surface area contributed by atoms with Gasteiger partial charge in [-0.3, -0.25) is 4.79 Å². The molecule has 6 rings (SSSR count). The lowest BCUT2D eigenvalue weighted by Gasteiger charge is -2.41. The van der Waals surface area contributed by atoms with Crippen LogP contribution in [-0.4, -0.2) is 48.6 Å². The molecule has 0 aromatic heterocycles. The molecule has 0 unspecified atom stereocenters. The maximum atomic E-state index is 14.3. The number of nitrogens with one attached hydrogen (secondary N) is 2. The highest BCUT2D eigenvalue weighted by Gasteiger charge is 2.41. The molecule has 2 heterocycles. The molecule has 41 heavy (non-hydrogen) atoms. The van der Waals surface area contributed by atoms with Crippen molar-refractivity contribution in [3.05, 3.63) is 104 Å². The quantitative estimate of drug-likeness (QED) is 0.248. The van der Waals surface area contributed by atoms with Gasteiger partial charge in [-0.15, -0.1) is 0 Å². The average Bonchev–Trinajstić information content (AvgIpc) is 3.82. The largest absolute Gasteiger partial charge is 0.492 e. The van der Waals surface area contributed by atoms with Crippen LogP contribution in [0.25, 0.3) is 5.57 Å². The zero-order valence-electron chi connectivity index (χ0n) is 22.8. The third kappa shape index (κ3) is 6.69. The SMILES string of the molecule is O=C(C1=C(c2ccc(CCCOc3cc(F)ccc3Br)cc2)C[C@@H]2CNC[C@H]1N2)N(Cc1ccccc1Cl)C1CC1. The molecule has 2 N–H and O–H groups in total. The summed E-state index contributed by atoms with van der Waals surface area (Å²) in [5.74, 6) is 0.324. The number of rotatable bonds is 10. The molecule has 3 aliphatic rings. The van der Waals surface area contributed by atoms with E-state index in [4.69, 9.17) is 16.3 Å². The van der Waals surface area contributed by atoms with E-state index in [1.54, 1.807) is 6.07 Å². The Kier molecular flexibility index (Phi) is 8.77. The summed E-state index contributed by atoms with van der Waals surface area (Å²) < 4.78 is 20.1. The monoisotopic (exact) mass is 637 g/mol. The van der Waals surface area contributed by atoms with Crippen molar-refractivity contribution in [2.75, 3.05) is 19.7 Å². The first-order valence-corrected chi connectivity index (χ1v) is 15.5. The standard InChI is InChI=1S/C33H34BrClFN3O2/c34-28-14-11-24(36)16-31(28)41-15-3-4-21-7-9-22(10-8-21)27-17-25-18-37-19-30(38-25)32(27)33(40)39(26-12-13-26)20-23-5-1-2-6-29(23)35/h1-2,5-11,14,16,25-26,30,37-38H,3-4,12-13,15,17-20H2/t25-,30-/m1/s1. The van der Waals surface area contributed by atoms with E-state index >= 15 is 0 Å². The maximum absolute atomic E-state index is 14.3. The molecule has 2 aliphatic heterocycles. The van der Waals surface area contributed by atoms with Crippen molar-refractivity contribution >= 4 is 39.0 Å². The average molecular weight is 639 g/mol. The minimum absolute atomic E-state index is 0.0172. The molecule has 0 radical (unpaired) electrons. The van der Waals surface area contributed by atoms with Crippen molar-refractivity contribution in [3.8, 4) is 5.75 Å². The number of benzene rings is 3. The second kappa shape index (κ2) is 12.7. The maximum Gasteiger partial charge on any atom is 0.252 e. The fourth-order valence-electron chi connectivity index (χ4n) is 5.88. The molecule has 2 atom stereocenters. The molecule has 0 spiro atoms. The molecule has 8 heteroatoms. The summed E-state index contributed by atoms with van der Waals surface area (Å²) in [6, 6.07) is 21.4. The first-order valence-electron chi connectivity index (χ1n) is 14.4. The van der Waals surface area contributed by atoms with E-state index in [1.165, 1.54) is 17.7 Å². The molecule has 214 valence electrons. The van der Waals surface area contributed by atoms with Gasteiger partial charge in [0.2, 0.25) is 0 Å². The van der Waals surface area contributed by atoms with Crippen molar-refractivity contribution in [2.45, 2.75) is 56.8 Å². The number of ether oxygens (including phenoxy) is 1. The highest BCUT2D eigenvalue weighted by Crippen LogP contribution is 2.37. The van der Waals surface area contributed by atoms with Gasteiger partial charge < -0.3 is 20.3 Å². The number of fused-ring (bicyclic) bond motifs is 2. The Morgan fingerprint density at radius 1 is 1.07 bits per heavy atom. The van der Waals surface area contributed by atoms with Crippen LogP contribution < -0.4 is 15.4 Å². The third-order valence-electron chi connectivity index (χ3n) is 8.14. The van der Waals surface area contributed by atoms with Crippen molar-refractivity contribution in [2.24, 2.45) is 0 Å². The van der Waals surface area contributed by atoms with Gasteiger partial charge in [0.05, 0.1) is 17.1 Å². The first-order chi connectivity index (χ1) is 20.0. The second-order valence-corrected chi connectivity index (χ2v) is 12.4. The summed E-state index contributed by atoms with van der Waals surface area (Å²) in [5.41, 5.74) is 5.34. The molecule has 1 aliphatic carbocycles. The number of hydrogen-bond acceptors (Lipinski definition) is 4. The molecule has 3 aromatic carbocycles. The summed E-state index contributed by atoms with van der Waals surface area (Å²) in [7, 11) is 0. The van der Waals surface area contributed by atoms with Crippen molar-refractivity contribution in [1.82, 2.24) is 15.5 Å². The van der Waals surface area contributed by atoms with E-state index < -0.39 is 0 Å². The van der Waals surface area contributed by atoms with E-state index in [1.807, 2.05) is 29.2 Å². The fraction of sp³-hybridized carbons (Fsp3) is 0.364. The highest BCUT2D eigenvalue weighted by molar-refractivity contribution is 9.10.